The molecule has 1 amide bonds. The van der Waals surface area contributed by atoms with Crippen molar-refractivity contribution in [2.24, 2.45) is 5.84 Å². The van der Waals surface area contributed by atoms with Crippen molar-refractivity contribution in [3.05, 3.63) is 55.8 Å². The Morgan fingerprint density at radius 3 is 2.86 bits per heavy atom. The van der Waals surface area contributed by atoms with E-state index in [2.05, 4.69) is 0 Å². The van der Waals surface area contributed by atoms with Crippen molar-refractivity contribution >= 4 is 22.9 Å². The zero-order valence-corrected chi connectivity index (χ0v) is 12.0. The summed E-state index contributed by atoms with van der Waals surface area (Å²) in [5.74, 6) is 4.86. The van der Waals surface area contributed by atoms with Crippen LogP contribution in [0.4, 0.5) is 5.69 Å². The second-order valence-corrected chi connectivity index (χ2v) is 5.42. The van der Waals surface area contributed by atoms with Gasteiger partial charge in [0, 0.05) is 10.9 Å². The van der Waals surface area contributed by atoms with Gasteiger partial charge in [-0.1, -0.05) is 6.07 Å². The minimum Gasteiger partial charge on any atom is -0.481 e. The summed E-state index contributed by atoms with van der Waals surface area (Å²) >= 11 is 1.22. The predicted molar refractivity (Wildman–Crippen MR) is 78.1 cm³/mol. The highest BCUT2D eigenvalue weighted by atomic mass is 32.1. The molecule has 0 aliphatic rings. The number of nitrogen functional groups attached to an aromatic ring is 1. The molecule has 21 heavy (non-hydrogen) atoms. The molecule has 2 rings (SSSR count). The Balaban J connectivity index is 2.11. The number of ether oxygens (including phenoxy) is 1. The number of hydrogen-bond donors (Lipinski definition) is 2. The molecule has 1 heterocycles. The van der Waals surface area contributed by atoms with Gasteiger partial charge in [-0.3, -0.25) is 20.3 Å². The van der Waals surface area contributed by atoms with Gasteiger partial charge >= 0.3 is 5.69 Å². The quantitative estimate of drug-likeness (QED) is 0.381. The standard InChI is InChI=1S/C13H13N3O4S/c1-8-2-4-11(10(6-8)16(18)19)20-7-9-3-5-12(21-9)13(17)15-14/h2-6H,7,14H2,1H3,(H,15,17). The number of rotatable bonds is 5. The van der Waals surface area contributed by atoms with Crippen LogP contribution in [0.1, 0.15) is 20.1 Å². The first-order chi connectivity index (χ1) is 10.0. The highest BCUT2D eigenvalue weighted by Gasteiger charge is 2.16. The zero-order valence-electron chi connectivity index (χ0n) is 11.2. The Bertz CT molecular complexity index is 684. The van der Waals surface area contributed by atoms with Crippen LogP contribution >= 0.6 is 11.3 Å². The van der Waals surface area contributed by atoms with Gasteiger partial charge in [0.15, 0.2) is 5.75 Å². The number of nitro benzene ring substituents is 1. The number of carbonyl (C=O) groups excluding carboxylic acids is 1. The third-order valence-electron chi connectivity index (χ3n) is 2.70. The number of hydrazine groups is 1. The number of benzene rings is 1. The molecule has 3 N–H and O–H groups in total. The van der Waals surface area contributed by atoms with Crippen LogP contribution in [0.2, 0.25) is 0 Å². The summed E-state index contributed by atoms with van der Waals surface area (Å²) in [6, 6.07) is 8.10. The average molecular weight is 307 g/mol. The first-order valence-electron chi connectivity index (χ1n) is 5.98. The molecular weight excluding hydrogens is 294 g/mol. The van der Waals surface area contributed by atoms with Crippen molar-refractivity contribution < 1.29 is 14.5 Å². The number of nitro groups is 1. The van der Waals surface area contributed by atoms with Crippen LogP contribution in [-0.2, 0) is 6.61 Å². The molecule has 0 aliphatic heterocycles. The van der Waals surface area contributed by atoms with E-state index in [9.17, 15) is 14.9 Å². The van der Waals surface area contributed by atoms with Crippen molar-refractivity contribution in [1.82, 2.24) is 5.43 Å². The summed E-state index contributed by atoms with van der Waals surface area (Å²) in [4.78, 5) is 23.0. The molecule has 0 radical (unpaired) electrons. The van der Waals surface area contributed by atoms with Crippen LogP contribution in [-0.4, -0.2) is 10.8 Å². The second-order valence-electron chi connectivity index (χ2n) is 4.26. The van der Waals surface area contributed by atoms with E-state index in [0.29, 0.717) is 4.88 Å². The number of nitrogens with zero attached hydrogens (tertiary/aromatic N) is 1. The number of thiophene rings is 1. The van der Waals surface area contributed by atoms with Crippen molar-refractivity contribution in [2.75, 3.05) is 0 Å². The van der Waals surface area contributed by atoms with Crippen LogP contribution in [0.3, 0.4) is 0 Å². The van der Waals surface area contributed by atoms with E-state index in [0.717, 1.165) is 10.4 Å². The molecule has 0 saturated carbocycles. The van der Waals surface area contributed by atoms with Crippen LogP contribution in [0.25, 0.3) is 0 Å². The molecule has 1 aromatic carbocycles. The number of amides is 1. The monoisotopic (exact) mass is 307 g/mol. The molecule has 2 aromatic rings. The largest absolute Gasteiger partial charge is 0.481 e. The van der Waals surface area contributed by atoms with E-state index < -0.39 is 4.92 Å². The van der Waals surface area contributed by atoms with E-state index in [1.54, 1.807) is 31.2 Å². The van der Waals surface area contributed by atoms with Gasteiger partial charge in [-0.2, -0.15) is 0 Å². The van der Waals surface area contributed by atoms with Crippen molar-refractivity contribution in [3.8, 4) is 5.75 Å². The smallest absolute Gasteiger partial charge is 0.311 e. The fraction of sp³-hybridized carbons (Fsp3) is 0.154. The Labute approximate surface area is 124 Å². The van der Waals surface area contributed by atoms with Gasteiger partial charge in [0.1, 0.15) is 6.61 Å². The highest BCUT2D eigenvalue weighted by Crippen LogP contribution is 2.29. The SMILES string of the molecule is Cc1ccc(OCc2ccc(C(=O)NN)s2)c([N+](=O)[O-])c1. The maximum absolute atomic E-state index is 11.3. The molecule has 110 valence electrons. The number of carbonyl (C=O) groups is 1. The van der Waals surface area contributed by atoms with E-state index in [1.807, 2.05) is 5.43 Å². The lowest BCUT2D eigenvalue weighted by Crippen LogP contribution is -2.29. The van der Waals surface area contributed by atoms with Crippen LogP contribution < -0.4 is 16.0 Å². The predicted octanol–water partition coefficient (Wildman–Crippen LogP) is 2.15. The topological polar surface area (TPSA) is 107 Å². The molecule has 0 saturated heterocycles. The Morgan fingerprint density at radius 2 is 2.19 bits per heavy atom. The first-order valence-corrected chi connectivity index (χ1v) is 6.80. The van der Waals surface area contributed by atoms with Crippen molar-refractivity contribution in [1.29, 1.82) is 0 Å². The van der Waals surface area contributed by atoms with Crippen molar-refractivity contribution in [3.63, 3.8) is 0 Å². The lowest BCUT2D eigenvalue weighted by Gasteiger charge is -2.06. The molecule has 0 aliphatic carbocycles. The van der Waals surface area contributed by atoms with Gasteiger partial charge in [0.2, 0.25) is 0 Å². The maximum Gasteiger partial charge on any atom is 0.311 e. The summed E-state index contributed by atoms with van der Waals surface area (Å²) in [7, 11) is 0. The number of nitrogens with two attached hydrogens (primary N) is 1. The summed E-state index contributed by atoms with van der Waals surface area (Å²) in [6.45, 7) is 1.92. The van der Waals surface area contributed by atoms with E-state index in [4.69, 9.17) is 10.6 Å². The third kappa shape index (κ3) is 3.56. The van der Waals surface area contributed by atoms with Gasteiger partial charge in [-0.05, 0) is 30.7 Å². The van der Waals surface area contributed by atoms with E-state index in [-0.39, 0.29) is 24.0 Å². The number of nitrogens with one attached hydrogen (secondary N) is 1. The lowest BCUT2D eigenvalue weighted by molar-refractivity contribution is -0.386. The fourth-order valence-corrected chi connectivity index (χ4v) is 2.51. The van der Waals surface area contributed by atoms with Gasteiger partial charge in [0.05, 0.1) is 9.80 Å². The summed E-state index contributed by atoms with van der Waals surface area (Å²) in [6.07, 6.45) is 0. The molecule has 8 heteroatoms. The molecule has 0 atom stereocenters. The summed E-state index contributed by atoms with van der Waals surface area (Å²) in [5, 5.41) is 11.0. The Hall–Kier alpha value is -2.45. The van der Waals surface area contributed by atoms with Gasteiger partial charge < -0.3 is 4.74 Å². The minimum absolute atomic E-state index is 0.0773. The molecule has 0 spiro atoms. The number of aryl methyl sites for hydroxylation is 1. The number of hydrogen-bond acceptors (Lipinski definition) is 6. The van der Waals surface area contributed by atoms with Crippen LogP contribution in [0.5, 0.6) is 5.75 Å². The molecule has 1 aromatic heterocycles. The third-order valence-corrected chi connectivity index (χ3v) is 3.76. The zero-order chi connectivity index (χ0) is 15.4. The summed E-state index contributed by atoms with van der Waals surface area (Å²) < 4.78 is 5.47. The summed E-state index contributed by atoms with van der Waals surface area (Å²) in [5.41, 5.74) is 2.75. The van der Waals surface area contributed by atoms with Crippen LogP contribution in [0, 0.1) is 17.0 Å². The fourth-order valence-electron chi connectivity index (χ4n) is 1.69. The van der Waals surface area contributed by atoms with Gasteiger partial charge in [-0.25, -0.2) is 5.84 Å². The first kappa shape index (κ1) is 14.9. The van der Waals surface area contributed by atoms with Crippen molar-refractivity contribution in [2.45, 2.75) is 13.5 Å². The normalized spacial score (nSPS) is 10.2. The maximum atomic E-state index is 11.3. The van der Waals surface area contributed by atoms with Gasteiger partial charge in [-0.15, -0.1) is 11.3 Å². The average Bonchev–Trinajstić information content (AvgIpc) is 2.93. The molecule has 0 bridgehead atoms. The van der Waals surface area contributed by atoms with Crippen LogP contribution in [0.15, 0.2) is 30.3 Å². The van der Waals surface area contributed by atoms with E-state index >= 15 is 0 Å². The Morgan fingerprint density at radius 1 is 1.43 bits per heavy atom. The minimum atomic E-state index is -0.482. The van der Waals surface area contributed by atoms with E-state index in [1.165, 1.54) is 17.4 Å². The second kappa shape index (κ2) is 6.33. The molecule has 0 fully saturated rings. The molecule has 7 nitrogen and oxygen atoms in total. The lowest BCUT2D eigenvalue weighted by atomic mass is 10.2. The van der Waals surface area contributed by atoms with Gasteiger partial charge in [0.25, 0.3) is 5.91 Å². The highest BCUT2D eigenvalue weighted by molar-refractivity contribution is 7.14. The molecular formula is C13H13N3O4S. The molecule has 0 unspecified atom stereocenters. The Kier molecular flexibility index (Phi) is 4.51.